The van der Waals surface area contributed by atoms with E-state index < -0.39 is 5.97 Å². The number of anilines is 1. The minimum atomic E-state index is -0.534. The summed E-state index contributed by atoms with van der Waals surface area (Å²) in [6, 6.07) is 2.96. The topological polar surface area (TPSA) is 64.6 Å². The summed E-state index contributed by atoms with van der Waals surface area (Å²) in [5.41, 5.74) is 0.640. The molecule has 1 aromatic carbocycles. The Hall–Kier alpha value is -1.75. The molecule has 5 nitrogen and oxygen atoms in total. The molecule has 0 aliphatic heterocycles. The number of amides is 1. The molecular formula is C14H18ClNO4. The van der Waals surface area contributed by atoms with Crippen molar-refractivity contribution in [3.8, 4) is 5.75 Å². The fraction of sp³-hybridized carbons (Fsp3) is 0.429. The van der Waals surface area contributed by atoms with Crippen LogP contribution < -0.4 is 10.1 Å². The molecule has 0 spiro atoms. The molecule has 1 aromatic rings. The van der Waals surface area contributed by atoms with E-state index in [4.69, 9.17) is 21.1 Å². The van der Waals surface area contributed by atoms with Crippen molar-refractivity contribution in [2.75, 3.05) is 19.0 Å². The van der Waals surface area contributed by atoms with Gasteiger partial charge in [0.15, 0.2) is 0 Å². The minimum Gasteiger partial charge on any atom is -0.493 e. The number of rotatable bonds is 6. The van der Waals surface area contributed by atoms with E-state index in [1.807, 2.05) is 6.92 Å². The van der Waals surface area contributed by atoms with Gasteiger partial charge >= 0.3 is 5.97 Å². The third-order valence-electron chi connectivity index (χ3n) is 2.54. The van der Waals surface area contributed by atoms with Gasteiger partial charge < -0.3 is 14.8 Å². The number of carbonyl (C=O) groups excluding carboxylic acids is 2. The first kappa shape index (κ1) is 16.3. The summed E-state index contributed by atoms with van der Waals surface area (Å²) in [6.07, 6.45) is 1.83. The second-order valence-corrected chi connectivity index (χ2v) is 4.61. The second-order valence-electron chi connectivity index (χ2n) is 4.20. The number of unbranched alkanes of at least 4 members (excludes halogenated alkanes) is 1. The lowest BCUT2D eigenvalue weighted by Gasteiger charge is -2.13. The van der Waals surface area contributed by atoms with E-state index in [0.717, 1.165) is 12.8 Å². The molecule has 0 aromatic heterocycles. The highest BCUT2D eigenvalue weighted by Crippen LogP contribution is 2.31. The summed E-state index contributed by atoms with van der Waals surface area (Å²) in [7, 11) is 1.29. The molecule has 1 N–H and O–H groups in total. The summed E-state index contributed by atoms with van der Waals surface area (Å²) in [5.74, 6) is -0.441. The number of benzene rings is 1. The van der Waals surface area contributed by atoms with E-state index in [0.29, 0.717) is 18.0 Å². The highest BCUT2D eigenvalue weighted by atomic mass is 35.5. The second kappa shape index (κ2) is 7.75. The minimum absolute atomic E-state index is 0.239. The summed E-state index contributed by atoms with van der Waals surface area (Å²) in [5, 5.41) is 2.84. The molecule has 0 saturated carbocycles. The molecular weight excluding hydrogens is 282 g/mol. The molecule has 20 heavy (non-hydrogen) atoms. The molecule has 1 amide bonds. The fourth-order valence-corrected chi connectivity index (χ4v) is 1.77. The van der Waals surface area contributed by atoms with E-state index in [-0.39, 0.29) is 16.5 Å². The van der Waals surface area contributed by atoms with Crippen LogP contribution in [0.15, 0.2) is 12.1 Å². The monoisotopic (exact) mass is 299 g/mol. The van der Waals surface area contributed by atoms with Gasteiger partial charge in [-0.15, -0.1) is 0 Å². The average Bonchev–Trinajstić information content (AvgIpc) is 2.40. The normalized spacial score (nSPS) is 10.0. The fourth-order valence-electron chi connectivity index (χ4n) is 1.55. The summed E-state index contributed by atoms with van der Waals surface area (Å²) < 4.78 is 10.3. The SMILES string of the molecule is CCCCOc1cc(NC(C)=O)c(Cl)cc1C(=O)OC. The van der Waals surface area contributed by atoms with Gasteiger partial charge in [0.05, 0.1) is 24.4 Å². The number of carbonyl (C=O) groups is 2. The lowest BCUT2D eigenvalue weighted by atomic mass is 10.1. The molecule has 0 bridgehead atoms. The van der Waals surface area contributed by atoms with E-state index in [1.54, 1.807) is 0 Å². The Morgan fingerprint density at radius 2 is 2.05 bits per heavy atom. The van der Waals surface area contributed by atoms with Gasteiger partial charge in [0.1, 0.15) is 11.3 Å². The predicted octanol–water partition coefficient (Wildman–Crippen LogP) is 3.26. The molecule has 0 saturated heterocycles. The zero-order valence-electron chi connectivity index (χ0n) is 11.8. The largest absolute Gasteiger partial charge is 0.493 e. The molecule has 0 unspecified atom stereocenters. The van der Waals surface area contributed by atoms with Crippen LogP contribution in [0.3, 0.4) is 0 Å². The maximum atomic E-state index is 11.7. The lowest BCUT2D eigenvalue weighted by molar-refractivity contribution is -0.114. The van der Waals surface area contributed by atoms with E-state index in [9.17, 15) is 9.59 Å². The van der Waals surface area contributed by atoms with E-state index in [1.165, 1.54) is 26.2 Å². The zero-order valence-corrected chi connectivity index (χ0v) is 12.5. The van der Waals surface area contributed by atoms with Gasteiger partial charge in [0.25, 0.3) is 0 Å². The van der Waals surface area contributed by atoms with Crippen LogP contribution in [0.5, 0.6) is 5.75 Å². The van der Waals surface area contributed by atoms with Crippen molar-refractivity contribution in [2.24, 2.45) is 0 Å². The Labute approximate surface area is 123 Å². The van der Waals surface area contributed by atoms with Gasteiger partial charge in [-0.05, 0) is 12.5 Å². The molecule has 110 valence electrons. The first-order valence-electron chi connectivity index (χ1n) is 6.31. The van der Waals surface area contributed by atoms with E-state index >= 15 is 0 Å². The van der Waals surface area contributed by atoms with Crippen molar-refractivity contribution in [2.45, 2.75) is 26.7 Å². The van der Waals surface area contributed by atoms with Crippen molar-refractivity contribution < 1.29 is 19.1 Å². The molecule has 0 aliphatic rings. The van der Waals surface area contributed by atoms with Crippen LogP contribution in [0.1, 0.15) is 37.0 Å². The van der Waals surface area contributed by atoms with Crippen LogP contribution in [-0.4, -0.2) is 25.6 Å². The lowest BCUT2D eigenvalue weighted by Crippen LogP contribution is -2.10. The van der Waals surface area contributed by atoms with Gasteiger partial charge in [-0.2, -0.15) is 0 Å². The van der Waals surface area contributed by atoms with Gasteiger partial charge in [0.2, 0.25) is 5.91 Å². The number of nitrogens with one attached hydrogen (secondary N) is 1. The van der Waals surface area contributed by atoms with Gasteiger partial charge in [-0.25, -0.2) is 4.79 Å². The number of hydrogen-bond donors (Lipinski definition) is 1. The van der Waals surface area contributed by atoms with Gasteiger partial charge in [-0.1, -0.05) is 24.9 Å². The third-order valence-corrected chi connectivity index (χ3v) is 2.85. The molecule has 6 heteroatoms. The smallest absolute Gasteiger partial charge is 0.341 e. The molecule has 0 radical (unpaired) electrons. The summed E-state index contributed by atoms with van der Waals surface area (Å²) >= 11 is 6.03. The van der Waals surface area contributed by atoms with Crippen molar-refractivity contribution >= 4 is 29.2 Å². The standard InChI is InChI=1S/C14H18ClNO4/c1-4-5-6-20-13-8-12(16-9(2)17)11(15)7-10(13)14(18)19-3/h7-8H,4-6H2,1-3H3,(H,16,17). The van der Waals surface area contributed by atoms with Crippen molar-refractivity contribution in [3.63, 3.8) is 0 Å². The van der Waals surface area contributed by atoms with Crippen LogP contribution in [-0.2, 0) is 9.53 Å². The van der Waals surface area contributed by atoms with Crippen LogP contribution in [0, 0.1) is 0 Å². The Balaban J connectivity index is 3.11. The zero-order chi connectivity index (χ0) is 15.1. The Morgan fingerprint density at radius 3 is 2.60 bits per heavy atom. The Morgan fingerprint density at radius 1 is 1.35 bits per heavy atom. The van der Waals surface area contributed by atoms with Crippen molar-refractivity contribution in [1.82, 2.24) is 0 Å². The Kier molecular flexibility index (Phi) is 6.31. The van der Waals surface area contributed by atoms with Crippen LogP contribution >= 0.6 is 11.6 Å². The van der Waals surface area contributed by atoms with E-state index in [2.05, 4.69) is 5.32 Å². The van der Waals surface area contributed by atoms with Crippen molar-refractivity contribution in [1.29, 1.82) is 0 Å². The maximum Gasteiger partial charge on any atom is 0.341 e. The summed E-state index contributed by atoms with van der Waals surface area (Å²) in [6.45, 7) is 3.89. The quantitative estimate of drug-likeness (QED) is 0.647. The maximum absolute atomic E-state index is 11.7. The van der Waals surface area contributed by atoms with Crippen LogP contribution in [0.4, 0.5) is 5.69 Å². The van der Waals surface area contributed by atoms with Crippen LogP contribution in [0.25, 0.3) is 0 Å². The Bertz CT molecular complexity index is 502. The molecule has 0 heterocycles. The molecule has 0 fully saturated rings. The van der Waals surface area contributed by atoms with Gasteiger partial charge in [-0.3, -0.25) is 4.79 Å². The molecule has 1 rings (SSSR count). The van der Waals surface area contributed by atoms with Gasteiger partial charge in [0, 0.05) is 13.0 Å². The highest BCUT2D eigenvalue weighted by molar-refractivity contribution is 6.34. The highest BCUT2D eigenvalue weighted by Gasteiger charge is 2.17. The first-order chi connectivity index (χ1) is 9.49. The van der Waals surface area contributed by atoms with Crippen molar-refractivity contribution in [3.05, 3.63) is 22.7 Å². The predicted molar refractivity (Wildman–Crippen MR) is 77.5 cm³/mol. The third kappa shape index (κ3) is 4.42. The van der Waals surface area contributed by atoms with Crippen LogP contribution in [0.2, 0.25) is 5.02 Å². The number of ether oxygens (including phenoxy) is 2. The molecule has 0 aliphatic carbocycles. The molecule has 0 atom stereocenters. The number of halogens is 1. The number of esters is 1. The first-order valence-corrected chi connectivity index (χ1v) is 6.69. The number of hydrogen-bond acceptors (Lipinski definition) is 4. The summed E-state index contributed by atoms with van der Waals surface area (Å²) in [4.78, 5) is 22.8. The average molecular weight is 300 g/mol. The number of methoxy groups -OCH3 is 1.